The Morgan fingerprint density at radius 1 is 0.903 bits per heavy atom. The minimum Gasteiger partial charge on any atom is -0.491 e. The lowest BCUT2D eigenvalue weighted by Gasteiger charge is -2.22. The predicted molar refractivity (Wildman–Crippen MR) is 125 cm³/mol. The van der Waals surface area contributed by atoms with Crippen molar-refractivity contribution in [3.05, 3.63) is 90.0 Å². The van der Waals surface area contributed by atoms with Gasteiger partial charge in [0, 0.05) is 17.8 Å². The highest BCUT2D eigenvalue weighted by atomic mass is 16.5. The summed E-state index contributed by atoms with van der Waals surface area (Å²) in [5.41, 5.74) is 2.23. The first kappa shape index (κ1) is 22.1. The SMILES string of the molecule is CCC(C)Oc1ccc(C(=O)Nc2ccccc2C(=O)N(CC)c2ccccc2)cc1. The van der Waals surface area contributed by atoms with Crippen molar-refractivity contribution in [2.45, 2.75) is 33.3 Å². The van der Waals surface area contributed by atoms with Crippen LogP contribution in [-0.2, 0) is 0 Å². The van der Waals surface area contributed by atoms with Crippen molar-refractivity contribution < 1.29 is 14.3 Å². The van der Waals surface area contributed by atoms with E-state index < -0.39 is 0 Å². The summed E-state index contributed by atoms with van der Waals surface area (Å²) in [5.74, 6) is 0.280. The van der Waals surface area contributed by atoms with E-state index in [1.54, 1.807) is 53.4 Å². The molecule has 3 aromatic rings. The third-order valence-corrected chi connectivity index (χ3v) is 5.06. The van der Waals surface area contributed by atoms with Gasteiger partial charge in [-0.3, -0.25) is 9.59 Å². The molecule has 0 saturated heterocycles. The molecule has 0 fully saturated rings. The topological polar surface area (TPSA) is 58.6 Å². The number of nitrogens with zero attached hydrogens (tertiary/aromatic N) is 1. The Balaban J connectivity index is 1.79. The van der Waals surface area contributed by atoms with E-state index in [4.69, 9.17) is 4.74 Å². The Kier molecular flexibility index (Phi) is 7.44. The highest BCUT2D eigenvalue weighted by Gasteiger charge is 2.20. The fourth-order valence-electron chi connectivity index (χ4n) is 3.17. The van der Waals surface area contributed by atoms with Crippen LogP contribution < -0.4 is 15.0 Å². The number of hydrogen-bond acceptors (Lipinski definition) is 3. The van der Waals surface area contributed by atoms with Crippen molar-refractivity contribution in [3.8, 4) is 5.75 Å². The van der Waals surface area contributed by atoms with Gasteiger partial charge in [0.15, 0.2) is 0 Å². The molecule has 31 heavy (non-hydrogen) atoms. The second-order valence-corrected chi connectivity index (χ2v) is 7.25. The van der Waals surface area contributed by atoms with Gasteiger partial charge in [-0.25, -0.2) is 0 Å². The summed E-state index contributed by atoms with van der Waals surface area (Å²) in [7, 11) is 0. The number of para-hydroxylation sites is 2. The normalized spacial score (nSPS) is 11.5. The minimum absolute atomic E-state index is 0.115. The molecule has 0 aliphatic heterocycles. The quantitative estimate of drug-likeness (QED) is 0.506. The Bertz CT molecular complexity index is 1020. The number of carbonyl (C=O) groups excluding carboxylic acids is 2. The van der Waals surface area contributed by atoms with Crippen molar-refractivity contribution in [1.29, 1.82) is 0 Å². The highest BCUT2D eigenvalue weighted by Crippen LogP contribution is 2.23. The van der Waals surface area contributed by atoms with Gasteiger partial charge in [-0.15, -0.1) is 0 Å². The monoisotopic (exact) mass is 416 g/mol. The van der Waals surface area contributed by atoms with Gasteiger partial charge in [0.05, 0.1) is 17.4 Å². The zero-order chi connectivity index (χ0) is 22.2. The van der Waals surface area contributed by atoms with Crippen LogP contribution in [0.15, 0.2) is 78.9 Å². The zero-order valence-electron chi connectivity index (χ0n) is 18.2. The number of rotatable bonds is 8. The highest BCUT2D eigenvalue weighted by molar-refractivity contribution is 6.13. The Morgan fingerprint density at radius 3 is 2.19 bits per heavy atom. The van der Waals surface area contributed by atoms with Crippen LogP contribution in [0, 0.1) is 0 Å². The van der Waals surface area contributed by atoms with Crippen LogP contribution in [0.25, 0.3) is 0 Å². The van der Waals surface area contributed by atoms with Gasteiger partial charge in [-0.2, -0.15) is 0 Å². The summed E-state index contributed by atoms with van der Waals surface area (Å²) >= 11 is 0. The standard InChI is InChI=1S/C26H28N2O3/c1-4-19(3)31-22-17-15-20(16-18-22)25(29)27-24-14-10-9-13-23(24)26(30)28(5-2)21-11-7-6-8-12-21/h6-19H,4-5H2,1-3H3,(H,27,29). The second kappa shape index (κ2) is 10.4. The van der Waals surface area contributed by atoms with Crippen LogP contribution in [-0.4, -0.2) is 24.5 Å². The maximum absolute atomic E-state index is 13.2. The van der Waals surface area contributed by atoms with Gasteiger partial charge in [0.25, 0.3) is 11.8 Å². The van der Waals surface area contributed by atoms with E-state index in [0.29, 0.717) is 23.4 Å². The molecular formula is C26H28N2O3. The van der Waals surface area contributed by atoms with Crippen molar-refractivity contribution in [2.24, 2.45) is 0 Å². The Hall–Kier alpha value is -3.60. The van der Waals surface area contributed by atoms with Crippen molar-refractivity contribution >= 4 is 23.2 Å². The minimum atomic E-state index is -0.280. The average molecular weight is 417 g/mol. The molecule has 0 aliphatic carbocycles. The van der Waals surface area contributed by atoms with Crippen molar-refractivity contribution in [2.75, 3.05) is 16.8 Å². The lowest BCUT2D eigenvalue weighted by molar-refractivity contribution is 0.0989. The Morgan fingerprint density at radius 2 is 1.55 bits per heavy atom. The van der Waals surface area contributed by atoms with Gasteiger partial charge < -0.3 is 15.0 Å². The first-order valence-electron chi connectivity index (χ1n) is 10.6. The summed E-state index contributed by atoms with van der Waals surface area (Å²) in [6, 6.07) is 23.6. The lowest BCUT2D eigenvalue weighted by Crippen LogP contribution is -2.31. The molecule has 1 unspecified atom stereocenters. The van der Waals surface area contributed by atoms with Crippen LogP contribution in [0.2, 0.25) is 0 Å². The first-order chi connectivity index (χ1) is 15.0. The molecule has 2 amide bonds. The zero-order valence-corrected chi connectivity index (χ0v) is 18.2. The van der Waals surface area contributed by atoms with Gasteiger partial charge in [-0.05, 0) is 68.8 Å². The van der Waals surface area contributed by atoms with E-state index in [0.717, 1.165) is 17.9 Å². The number of amides is 2. The van der Waals surface area contributed by atoms with Crippen molar-refractivity contribution in [3.63, 3.8) is 0 Å². The number of anilines is 2. The van der Waals surface area contributed by atoms with Crippen molar-refractivity contribution in [1.82, 2.24) is 0 Å². The van der Waals surface area contributed by atoms with E-state index in [1.165, 1.54) is 0 Å². The maximum Gasteiger partial charge on any atom is 0.260 e. The fraction of sp³-hybridized carbons (Fsp3) is 0.231. The first-order valence-corrected chi connectivity index (χ1v) is 10.6. The van der Waals surface area contributed by atoms with Crippen LogP contribution in [0.1, 0.15) is 47.9 Å². The van der Waals surface area contributed by atoms with E-state index in [1.807, 2.05) is 44.2 Å². The van der Waals surface area contributed by atoms with Gasteiger partial charge >= 0.3 is 0 Å². The molecule has 3 aromatic carbocycles. The second-order valence-electron chi connectivity index (χ2n) is 7.25. The van der Waals surface area contributed by atoms with Gasteiger partial charge in [0.2, 0.25) is 0 Å². The molecule has 0 bridgehead atoms. The molecule has 5 heteroatoms. The van der Waals surface area contributed by atoms with Crippen LogP contribution in [0.3, 0.4) is 0 Å². The maximum atomic E-state index is 13.2. The van der Waals surface area contributed by atoms with Gasteiger partial charge in [0.1, 0.15) is 5.75 Å². The van der Waals surface area contributed by atoms with Crippen LogP contribution in [0.5, 0.6) is 5.75 Å². The molecule has 160 valence electrons. The summed E-state index contributed by atoms with van der Waals surface area (Å²) in [6.45, 7) is 6.50. The smallest absolute Gasteiger partial charge is 0.260 e. The summed E-state index contributed by atoms with van der Waals surface area (Å²) in [6.07, 6.45) is 1.02. The van der Waals surface area contributed by atoms with E-state index in [-0.39, 0.29) is 17.9 Å². The fourth-order valence-corrected chi connectivity index (χ4v) is 3.17. The third kappa shape index (κ3) is 5.51. The molecule has 5 nitrogen and oxygen atoms in total. The number of carbonyl (C=O) groups is 2. The molecular weight excluding hydrogens is 388 g/mol. The molecule has 0 aliphatic rings. The van der Waals surface area contributed by atoms with E-state index in [9.17, 15) is 9.59 Å². The third-order valence-electron chi connectivity index (χ3n) is 5.06. The molecule has 0 heterocycles. The molecule has 1 atom stereocenters. The average Bonchev–Trinajstić information content (AvgIpc) is 2.81. The molecule has 1 N–H and O–H groups in total. The van der Waals surface area contributed by atoms with Gasteiger partial charge in [-0.1, -0.05) is 37.3 Å². The summed E-state index contributed by atoms with van der Waals surface area (Å²) < 4.78 is 5.77. The lowest BCUT2D eigenvalue weighted by atomic mass is 10.1. The summed E-state index contributed by atoms with van der Waals surface area (Å²) in [4.78, 5) is 27.7. The van der Waals surface area contributed by atoms with E-state index >= 15 is 0 Å². The number of benzene rings is 3. The number of nitrogens with one attached hydrogen (secondary N) is 1. The Labute approximate surface area is 183 Å². The molecule has 0 aromatic heterocycles. The van der Waals surface area contributed by atoms with Crippen LogP contribution in [0.4, 0.5) is 11.4 Å². The molecule has 0 saturated carbocycles. The van der Waals surface area contributed by atoms with Crippen LogP contribution >= 0.6 is 0 Å². The molecule has 3 rings (SSSR count). The summed E-state index contributed by atoms with van der Waals surface area (Å²) in [5, 5.41) is 2.88. The molecule has 0 spiro atoms. The predicted octanol–water partition coefficient (Wildman–Crippen LogP) is 5.78. The largest absolute Gasteiger partial charge is 0.491 e. The molecule has 0 radical (unpaired) electrons. The number of ether oxygens (including phenoxy) is 1. The van der Waals surface area contributed by atoms with E-state index in [2.05, 4.69) is 12.2 Å². The number of hydrogen-bond donors (Lipinski definition) is 1.